The third-order valence-electron chi connectivity index (χ3n) is 3.19. The van der Waals surface area contributed by atoms with Crippen molar-refractivity contribution in [2.24, 2.45) is 0 Å². The van der Waals surface area contributed by atoms with Crippen LogP contribution in [-0.2, 0) is 9.84 Å². The standard InChI is InChI=1S/C14H22BrNO4S/c1-14(2,21(3,18)19)10-16-8-12(17)9-20-13-6-4-11(15)5-7-13/h4-7,12,16-17H,8-10H2,1-3H3. The lowest BCUT2D eigenvalue weighted by atomic mass is 10.2. The molecule has 0 aliphatic carbocycles. The third-order valence-corrected chi connectivity index (χ3v) is 5.87. The van der Waals surface area contributed by atoms with Crippen LogP contribution in [0.15, 0.2) is 28.7 Å². The van der Waals surface area contributed by atoms with Crippen molar-refractivity contribution < 1.29 is 18.3 Å². The summed E-state index contributed by atoms with van der Waals surface area (Å²) < 4.78 is 28.6. The van der Waals surface area contributed by atoms with Crippen molar-refractivity contribution in [2.45, 2.75) is 24.7 Å². The number of hydrogen-bond acceptors (Lipinski definition) is 5. The lowest BCUT2D eigenvalue weighted by Crippen LogP contribution is -2.44. The van der Waals surface area contributed by atoms with E-state index in [1.807, 2.05) is 12.1 Å². The molecule has 0 amide bonds. The van der Waals surface area contributed by atoms with E-state index in [4.69, 9.17) is 4.74 Å². The first-order valence-corrected chi connectivity index (χ1v) is 9.27. The zero-order valence-corrected chi connectivity index (χ0v) is 14.9. The van der Waals surface area contributed by atoms with Crippen LogP contribution in [0.2, 0.25) is 0 Å². The summed E-state index contributed by atoms with van der Waals surface area (Å²) in [6.45, 7) is 4.00. The van der Waals surface area contributed by atoms with Crippen LogP contribution in [0.4, 0.5) is 0 Å². The van der Waals surface area contributed by atoms with Crippen LogP contribution in [0.5, 0.6) is 5.75 Å². The molecule has 0 aliphatic rings. The molecule has 1 unspecified atom stereocenters. The first-order valence-electron chi connectivity index (χ1n) is 6.58. The fraction of sp³-hybridized carbons (Fsp3) is 0.571. The van der Waals surface area contributed by atoms with Crippen molar-refractivity contribution in [1.82, 2.24) is 5.32 Å². The Morgan fingerprint density at radius 2 is 1.90 bits per heavy atom. The van der Waals surface area contributed by atoms with E-state index in [1.54, 1.807) is 26.0 Å². The number of benzene rings is 1. The highest BCUT2D eigenvalue weighted by atomic mass is 79.9. The fourth-order valence-electron chi connectivity index (χ4n) is 1.45. The predicted molar refractivity (Wildman–Crippen MR) is 87.4 cm³/mol. The van der Waals surface area contributed by atoms with Crippen molar-refractivity contribution in [3.63, 3.8) is 0 Å². The smallest absolute Gasteiger partial charge is 0.153 e. The molecular weight excluding hydrogens is 358 g/mol. The van der Waals surface area contributed by atoms with Crippen molar-refractivity contribution in [2.75, 3.05) is 26.0 Å². The molecule has 1 aromatic carbocycles. The fourth-order valence-corrected chi connectivity index (χ4v) is 2.08. The lowest BCUT2D eigenvalue weighted by molar-refractivity contribution is 0.106. The van der Waals surface area contributed by atoms with Gasteiger partial charge in [0.25, 0.3) is 0 Å². The first-order chi connectivity index (χ1) is 9.62. The zero-order chi connectivity index (χ0) is 16.1. The second-order valence-electron chi connectivity index (χ2n) is 5.58. The number of hydrogen-bond donors (Lipinski definition) is 2. The Balaban J connectivity index is 2.32. The number of ether oxygens (including phenoxy) is 1. The van der Waals surface area contributed by atoms with E-state index in [0.717, 1.165) is 4.47 Å². The van der Waals surface area contributed by atoms with Gasteiger partial charge in [0.1, 0.15) is 18.5 Å². The molecule has 0 aliphatic heterocycles. The number of rotatable bonds is 8. The minimum Gasteiger partial charge on any atom is -0.491 e. The van der Waals surface area contributed by atoms with Crippen LogP contribution >= 0.6 is 15.9 Å². The Hall–Kier alpha value is -0.630. The first kappa shape index (κ1) is 18.4. The Bertz CT molecular complexity index is 543. The van der Waals surface area contributed by atoms with Crippen LogP contribution in [0.1, 0.15) is 13.8 Å². The van der Waals surface area contributed by atoms with Crippen LogP contribution in [-0.4, -0.2) is 50.3 Å². The van der Waals surface area contributed by atoms with Crippen molar-refractivity contribution >= 4 is 25.8 Å². The average molecular weight is 380 g/mol. The molecule has 0 saturated carbocycles. The number of nitrogens with one attached hydrogen (secondary N) is 1. The van der Waals surface area contributed by atoms with Gasteiger partial charge in [-0.1, -0.05) is 15.9 Å². The van der Waals surface area contributed by atoms with Gasteiger partial charge in [0.15, 0.2) is 9.84 Å². The van der Waals surface area contributed by atoms with E-state index in [-0.39, 0.29) is 19.7 Å². The highest BCUT2D eigenvalue weighted by Crippen LogP contribution is 2.16. The molecule has 1 aromatic rings. The van der Waals surface area contributed by atoms with E-state index in [2.05, 4.69) is 21.2 Å². The summed E-state index contributed by atoms with van der Waals surface area (Å²) in [7, 11) is -3.14. The van der Waals surface area contributed by atoms with Crippen molar-refractivity contribution in [1.29, 1.82) is 0 Å². The van der Waals surface area contributed by atoms with E-state index < -0.39 is 20.7 Å². The number of sulfone groups is 1. The van der Waals surface area contributed by atoms with Gasteiger partial charge >= 0.3 is 0 Å². The van der Waals surface area contributed by atoms with Crippen LogP contribution in [0.25, 0.3) is 0 Å². The van der Waals surface area contributed by atoms with Crippen LogP contribution < -0.4 is 10.1 Å². The van der Waals surface area contributed by atoms with E-state index in [1.165, 1.54) is 6.26 Å². The Morgan fingerprint density at radius 1 is 1.33 bits per heavy atom. The minimum absolute atomic E-state index is 0.147. The molecule has 0 radical (unpaired) electrons. The summed E-state index contributed by atoms with van der Waals surface area (Å²) in [6, 6.07) is 7.32. The molecule has 1 atom stereocenters. The SMILES string of the molecule is CC(C)(CNCC(O)COc1ccc(Br)cc1)S(C)(=O)=O. The van der Waals surface area contributed by atoms with E-state index >= 15 is 0 Å². The minimum atomic E-state index is -3.14. The lowest BCUT2D eigenvalue weighted by Gasteiger charge is -2.23. The molecule has 5 nitrogen and oxygen atoms in total. The number of halogens is 1. The normalized spacial score (nSPS) is 14.0. The van der Waals surface area contributed by atoms with Gasteiger partial charge in [-0.05, 0) is 38.1 Å². The predicted octanol–water partition coefficient (Wildman–Crippen LogP) is 1.60. The molecule has 0 spiro atoms. The summed E-state index contributed by atoms with van der Waals surface area (Å²) in [6.07, 6.45) is 0.505. The van der Waals surface area contributed by atoms with Crippen molar-refractivity contribution in [3.8, 4) is 5.75 Å². The maximum absolute atomic E-state index is 11.5. The molecule has 7 heteroatoms. The highest BCUT2D eigenvalue weighted by molar-refractivity contribution is 9.10. The van der Waals surface area contributed by atoms with Crippen LogP contribution in [0, 0.1) is 0 Å². The van der Waals surface area contributed by atoms with Gasteiger partial charge in [0.2, 0.25) is 0 Å². The van der Waals surface area contributed by atoms with Gasteiger partial charge in [-0.2, -0.15) is 0 Å². The molecule has 0 aromatic heterocycles. The summed E-state index contributed by atoms with van der Waals surface area (Å²) in [4.78, 5) is 0. The van der Waals surface area contributed by atoms with Gasteiger partial charge in [-0.15, -0.1) is 0 Å². The summed E-state index contributed by atoms with van der Waals surface area (Å²) in [5.41, 5.74) is 0. The van der Waals surface area contributed by atoms with Gasteiger partial charge < -0.3 is 15.2 Å². The van der Waals surface area contributed by atoms with E-state index in [0.29, 0.717) is 5.75 Å². The topological polar surface area (TPSA) is 75.6 Å². The second kappa shape index (κ2) is 7.58. The Kier molecular flexibility index (Phi) is 6.65. The van der Waals surface area contributed by atoms with Gasteiger partial charge in [0.05, 0.1) is 4.75 Å². The maximum Gasteiger partial charge on any atom is 0.153 e. The molecule has 2 N–H and O–H groups in total. The average Bonchev–Trinajstić information content (AvgIpc) is 2.36. The van der Waals surface area contributed by atoms with Gasteiger partial charge in [-0.3, -0.25) is 0 Å². The highest BCUT2D eigenvalue weighted by Gasteiger charge is 2.29. The van der Waals surface area contributed by atoms with Gasteiger partial charge in [-0.25, -0.2) is 8.42 Å². The molecule has 1 rings (SSSR count). The molecule has 0 heterocycles. The molecular formula is C14H22BrNO4S. The van der Waals surface area contributed by atoms with Crippen molar-refractivity contribution in [3.05, 3.63) is 28.7 Å². The number of aliphatic hydroxyl groups excluding tert-OH is 1. The largest absolute Gasteiger partial charge is 0.491 e. The second-order valence-corrected chi connectivity index (χ2v) is 9.15. The maximum atomic E-state index is 11.5. The zero-order valence-electron chi connectivity index (χ0n) is 12.5. The quantitative estimate of drug-likeness (QED) is 0.717. The molecule has 21 heavy (non-hydrogen) atoms. The number of aliphatic hydroxyl groups is 1. The third kappa shape index (κ3) is 6.34. The summed E-state index contributed by atoms with van der Waals surface area (Å²) in [5.74, 6) is 0.675. The summed E-state index contributed by atoms with van der Waals surface area (Å²) in [5, 5.41) is 12.8. The van der Waals surface area contributed by atoms with E-state index in [9.17, 15) is 13.5 Å². The Morgan fingerprint density at radius 3 is 2.43 bits per heavy atom. The molecule has 0 fully saturated rings. The Labute approximate surface area is 134 Å². The molecule has 0 saturated heterocycles. The molecule has 0 bridgehead atoms. The van der Waals surface area contributed by atoms with Gasteiger partial charge in [0, 0.05) is 23.8 Å². The summed E-state index contributed by atoms with van der Waals surface area (Å²) >= 11 is 3.33. The van der Waals surface area contributed by atoms with Crippen LogP contribution in [0.3, 0.4) is 0 Å². The molecule has 120 valence electrons. The monoisotopic (exact) mass is 379 g/mol.